The van der Waals surface area contributed by atoms with E-state index in [1.807, 2.05) is 12.1 Å². The number of hydrogen-bond acceptors (Lipinski definition) is 4. The molecule has 1 heterocycles. The highest BCUT2D eigenvalue weighted by atomic mass is 16.5. The molecule has 0 saturated heterocycles. The van der Waals surface area contributed by atoms with E-state index in [1.165, 1.54) is 0 Å². The summed E-state index contributed by atoms with van der Waals surface area (Å²) in [5, 5.41) is 3.59. The van der Waals surface area contributed by atoms with E-state index in [-0.39, 0.29) is 5.41 Å². The molecule has 1 aliphatic rings. The van der Waals surface area contributed by atoms with Gasteiger partial charge in [-0.25, -0.2) is 4.98 Å². The van der Waals surface area contributed by atoms with E-state index >= 15 is 0 Å². The number of hydrogen-bond donors (Lipinski definition) is 1. The molecule has 1 aromatic rings. The highest BCUT2D eigenvalue weighted by molar-refractivity contribution is 5.25. The third-order valence-corrected chi connectivity index (χ3v) is 4.13. The van der Waals surface area contributed by atoms with E-state index < -0.39 is 0 Å². The van der Waals surface area contributed by atoms with Crippen molar-refractivity contribution in [3.8, 4) is 5.88 Å². The zero-order valence-corrected chi connectivity index (χ0v) is 12.3. The quantitative estimate of drug-likeness (QED) is 0.856. The topological polar surface area (TPSA) is 43.4 Å². The predicted octanol–water partition coefficient (Wildman–Crippen LogP) is 2.38. The molecule has 4 heteroatoms. The summed E-state index contributed by atoms with van der Waals surface area (Å²) >= 11 is 0. The molecule has 2 unspecified atom stereocenters. The van der Waals surface area contributed by atoms with Crippen molar-refractivity contribution in [1.29, 1.82) is 0 Å². The Morgan fingerprint density at radius 2 is 2.26 bits per heavy atom. The number of nitrogens with one attached hydrogen (secondary N) is 1. The smallest absolute Gasteiger partial charge is 0.217 e. The van der Waals surface area contributed by atoms with Gasteiger partial charge < -0.3 is 14.8 Å². The van der Waals surface area contributed by atoms with Crippen molar-refractivity contribution in [1.82, 2.24) is 10.3 Å². The van der Waals surface area contributed by atoms with Crippen LogP contribution in [0.1, 0.15) is 32.8 Å². The zero-order chi connectivity index (χ0) is 13.9. The summed E-state index contributed by atoms with van der Waals surface area (Å²) in [5.74, 6) is 0.702. The summed E-state index contributed by atoms with van der Waals surface area (Å²) < 4.78 is 11.0. The maximum absolute atomic E-state index is 5.74. The molecule has 0 radical (unpaired) electrons. The lowest BCUT2D eigenvalue weighted by Gasteiger charge is -2.52. The third kappa shape index (κ3) is 2.90. The van der Waals surface area contributed by atoms with Crippen LogP contribution in [0.5, 0.6) is 5.88 Å². The van der Waals surface area contributed by atoms with Crippen molar-refractivity contribution in [3.05, 3.63) is 23.9 Å². The molecule has 0 bridgehead atoms. The standard InChI is InChI=1S/C15H24N2O2/c1-5-19-13-9-12(15(13,2)3)17-10-11-7-6-8-16-14(11)18-4/h6-8,12-13,17H,5,9-10H2,1-4H3. The predicted molar refractivity (Wildman–Crippen MR) is 75.2 cm³/mol. The number of rotatable bonds is 6. The molecule has 0 spiro atoms. The van der Waals surface area contributed by atoms with Crippen LogP contribution in [0.4, 0.5) is 0 Å². The molecule has 1 fully saturated rings. The molecule has 1 aromatic heterocycles. The van der Waals surface area contributed by atoms with Crippen molar-refractivity contribution in [2.75, 3.05) is 13.7 Å². The summed E-state index contributed by atoms with van der Waals surface area (Å²) in [6, 6.07) is 4.47. The summed E-state index contributed by atoms with van der Waals surface area (Å²) in [4.78, 5) is 4.21. The fourth-order valence-electron chi connectivity index (χ4n) is 2.69. The number of aromatic nitrogens is 1. The Hall–Kier alpha value is -1.13. The van der Waals surface area contributed by atoms with Gasteiger partial charge in [0.05, 0.1) is 13.2 Å². The van der Waals surface area contributed by atoms with Crippen LogP contribution in [0.25, 0.3) is 0 Å². The van der Waals surface area contributed by atoms with Crippen LogP contribution in [-0.4, -0.2) is 30.8 Å². The van der Waals surface area contributed by atoms with E-state index in [0.29, 0.717) is 18.0 Å². The van der Waals surface area contributed by atoms with E-state index in [2.05, 4.69) is 31.1 Å². The Kier molecular flexibility index (Phi) is 4.42. The number of nitrogens with zero attached hydrogens (tertiary/aromatic N) is 1. The Morgan fingerprint density at radius 3 is 2.89 bits per heavy atom. The van der Waals surface area contributed by atoms with E-state index in [4.69, 9.17) is 9.47 Å². The van der Waals surface area contributed by atoms with E-state index in [0.717, 1.165) is 25.1 Å². The maximum Gasteiger partial charge on any atom is 0.217 e. The average Bonchev–Trinajstić information content (AvgIpc) is 2.42. The van der Waals surface area contributed by atoms with Gasteiger partial charge in [0.15, 0.2) is 0 Å². The molecule has 1 saturated carbocycles. The molecule has 2 atom stereocenters. The maximum atomic E-state index is 5.74. The van der Waals surface area contributed by atoms with Crippen molar-refractivity contribution >= 4 is 0 Å². The summed E-state index contributed by atoms with van der Waals surface area (Å²) in [6.45, 7) is 8.14. The second-order valence-corrected chi connectivity index (χ2v) is 5.61. The van der Waals surface area contributed by atoms with Crippen LogP contribution in [0.3, 0.4) is 0 Å². The second kappa shape index (κ2) is 5.88. The van der Waals surface area contributed by atoms with E-state index in [1.54, 1.807) is 13.3 Å². The Labute approximate surface area is 115 Å². The van der Waals surface area contributed by atoms with Crippen LogP contribution >= 0.6 is 0 Å². The molecule has 19 heavy (non-hydrogen) atoms. The molecule has 0 aromatic carbocycles. The average molecular weight is 264 g/mol. The molecule has 0 amide bonds. The molecule has 1 N–H and O–H groups in total. The van der Waals surface area contributed by atoms with Crippen molar-refractivity contribution in [2.45, 2.75) is 45.9 Å². The number of ether oxygens (including phenoxy) is 2. The van der Waals surface area contributed by atoms with Gasteiger partial charge in [-0.1, -0.05) is 19.9 Å². The molecular weight excluding hydrogens is 240 g/mol. The van der Waals surface area contributed by atoms with Crippen molar-refractivity contribution in [2.24, 2.45) is 5.41 Å². The lowest BCUT2D eigenvalue weighted by atomic mass is 9.64. The molecule has 0 aliphatic heterocycles. The van der Waals surface area contributed by atoms with Gasteiger partial charge >= 0.3 is 0 Å². The Morgan fingerprint density at radius 1 is 1.47 bits per heavy atom. The van der Waals surface area contributed by atoms with Crippen LogP contribution in [0.15, 0.2) is 18.3 Å². The summed E-state index contributed by atoms with van der Waals surface area (Å²) in [5.41, 5.74) is 1.28. The van der Waals surface area contributed by atoms with Gasteiger partial charge in [-0.15, -0.1) is 0 Å². The van der Waals surface area contributed by atoms with Crippen molar-refractivity contribution < 1.29 is 9.47 Å². The highest BCUT2D eigenvalue weighted by Crippen LogP contribution is 2.42. The van der Waals surface area contributed by atoms with Gasteiger partial charge in [-0.05, 0) is 19.4 Å². The molecule has 1 aliphatic carbocycles. The van der Waals surface area contributed by atoms with Gasteiger partial charge in [-0.3, -0.25) is 0 Å². The van der Waals surface area contributed by atoms with Gasteiger partial charge in [-0.2, -0.15) is 0 Å². The number of methoxy groups -OCH3 is 1. The normalized spacial score (nSPS) is 24.8. The lowest BCUT2D eigenvalue weighted by molar-refractivity contribution is -0.114. The minimum atomic E-state index is 0.186. The Balaban J connectivity index is 1.90. The molecule has 2 rings (SSSR count). The largest absolute Gasteiger partial charge is 0.481 e. The fraction of sp³-hybridized carbons (Fsp3) is 0.667. The zero-order valence-electron chi connectivity index (χ0n) is 12.3. The summed E-state index contributed by atoms with van der Waals surface area (Å²) in [7, 11) is 1.66. The molecule has 106 valence electrons. The first-order chi connectivity index (χ1) is 9.09. The van der Waals surface area contributed by atoms with Gasteiger partial charge in [0.1, 0.15) is 0 Å². The SMILES string of the molecule is CCOC1CC(NCc2cccnc2OC)C1(C)C. The first kappa shape index (κ1) is 14.3. The molecular formula is C15H24N2O2. The van der Waals surface area contributed by atoms with Crippen LogP contribution in [0, 0.1) is 5.41 Å². The van der Waals surface area contributed by atoms with Gasteiger partial charge in [0, 0.05) is 36.4 Å². The minimum Gasteiger partial charge on any atom is -0.481 e. The van der Waals surface area contributed by atoms with Crippen LogP contribution < -0.4 is 10.1 Å². The molecule has 4 nitrogen and oxygen atoms in total. The third-order valence-electron chi connectivity index (χ3n) is 4.13. The van der Waals surface area contributed by atoms with Crippen LogP contribution in [-0.2, 0) is 11.3 Å². The summed E-state index contributed by atoms with van der Waals surface area (Å²) in [6.07, 6.45) is 3.19. The van der Waals surface area contributed by atoms with Crippen LogP contribution in [0.2, 0.25) is 0 Å². The first-order valence-corrected chi connectivity index (χ1v) is 6.92. The fourth-order valence-corrected chi connectivity index (χ4v) is 2.69. The van der Waals surface area contributed by atoms with E-state index in [9.17, 15) is 0 Å². The Bertz CT molecular complexity index is 420. The van der Waals surface area contributed by atoms with Gasteiger partial charge in [0.2, 0.25) is 5.88 Å². The highest BCUT2D eigenvalue weighted by Gasteiger charge is 2.48. The van der Waals surface area contributed by atoms with Gasteiger partial charge in [0.25, 0.3) is 0 Å². The monoisotopic (exact) mass is 264 g/mol. The second-order valence-electron chi connectivity index (χ2n) is 5.61. The minimum absolute atomic E-state index is 0.186. The first-order valence-electron chi connectivity index (χ1n) is 6.92. The lowest BCUT2D eigenvalue weighted by Crippen LogP contribution is -2.60. The van der Waals surface area contributed by atoms with Crippen molar-refractivity contribution in [3.63, 3.8) is 0 Å². The number of pyridine rings is 1.